The molecule has 4 heterocycles. The van der Waals surface area contributed by atoms with Crippen molar-refractivity contribution >= 4 is 69.7 Å². The van der Waals surface area contributed by atoms with Gasteiger partial charge in [-0.25, -0.2) is 4.90 Å². The zero-order valence-electron chi connectivity index (χ0n) is 21.7. The molecule has 1 aromatic heterocycles. The molecular weight excluding hydrogens is 634 g/mol. The molecule has 0 bridgehead atoms. The topological polar surface area (TPSA) is 79.7 Å². The SMILES string of the molecule is O=C(Cn1c2c(sc1=O)[C@@H](c1cccc(Cl)c1Cl)[C@@H]1C(=O)N(c3ccccc3C(F)(F)F)C(=O)[C@@H]1S2)N1CCCCC1. The fourth-order valence-corrected chi connectivity index (χ4v) is 9.06. The first-order valence-corrected chi connectivity index (χ1v) is 15.6. The van der Waals surface area contributed by atoms with Crippen molar-refractivity contribution in [3.63, 3.8) is 0 Å². The third-order valence-corrected chi connectivity index (χ3v) is 11.3. The van der Waals surface area contributed by atoms with E-state index in [1.54, 1.807) is 23.1 Å². The third kappa shape index (κ3) is 4.86. The van der Waals surface area contributed by atoms with Crippen molar-refractivity contribution in [2.24, 2.45) is 5.92 Å². The highest BCUT2D eigenvalue weighted by Gasteiger charge is 2.58. The number of anilines is 1. The number of aromatic nitrogens is 1. The molecule has 3 amide bonds. The number of para-hydroxylation sites is 1. The molecule has 0 saturated carbocycles. The Hall–Kier alpha value is -2.80. The number of thioether (sulfide) groups is 1. The minimum absolute atomic E-state index is 0.104. The Bertz CT molecular complexity index is 1670. The largest absolute Gasteiger partial charge is 0.418 e. The van der Waals surface area contributed by atoms with Crippen molar-refractivity contribution in [2.75, 3.05) is 18.0 Å². The monoisotopic (exact) mass is 655 g/mol. The molecule has 0 unspecified atom stereocenters. The molecule has 7 nitrogen and oxygen atoms in total. The van der Waals surface area contributed by atoms with Crippen LogP contribution in [0.2, 0.25) is 10.0 Å². The predicted molar refractivity (Wildman–Crippen MR) is 154 cm³/mol. The summed E-state index contributed by atoms with van der Waals surface area (Å²) in [4.78, 5) is 56.6. The number of piperidine rings is 1. The van der Waals surface area contributed by atoms with E-state index >= 15 is 0 Å². The summed E-state index contributed by atoms with van der Waals surface area (Å²) in [5.41, 5.74) is -1.32. The highest BCUT2D eigenvalue weighted by atomic mass is 35.5. The minimum atomic E-state index is -4.82. The lowest BCUT2D eigenvalue weighted by Gasteiger charge is -2.32. The van der Waals surface area contributed by atoms with Crippen LogP contribution in [0.3, 0.4) is 0 Å². The van der Waals surface area contributed by atoms with Crippen molar-refractivity contribution in [3.8, 4) is 0 Å². The number of imide groups is 1. The first-order valence-electron chi connectivity index (χ1n) is 13.1. The fraction of sp³-hybridized carbons (Fsp3) is 0.357. The number of amides is 3. The zero-order chi connectivity index (χ0) is 29.9. The number of carbonyl (C=O) groups is 3. The maximum absolute atomic E-state index is 14.0. The van der Waals surface area contributed by atoms with Crippen LogP contribution >= 0.6 is 46.3 Å². The summed E-state index contributed by atoms with van der Waals surface area (Å²) < 4.78 is 43.1. The lowest BCUT2D eigenvalue weighted by Crippen LogP contribution is -2.39. The normalized spacial score (nSPS) is 22.4. The summed E-state index contributed by atoms with van der Waals surface area (Å²) in [6.45, 7) is 0.909. The van der Waals surface area contributed by atoms with E-state index in [1.165, 1.54) is 16.7 Å². The van der Waals surface area contributed by atoms with Gasteiger partial charge in [0, 0.05) is 23.9 Å². The van der Waals surface area contributed by atoms with E-state index in [2.05, 4.69) is 0 Å². The first kappa shape index (κ1) is 29.3. The molecule has 3 aliphatic rings. The van der Waals surface area contributed by atoms with E-state index in [0.29, 0.717) is 33.5 Å². The zero-order valence-corrected chi connectivity index (χ0v) is 24.8. The number of carbonyl (C=O) groups excluding carboxylic acids is 3. The van der Waals surface area contributed by atoms with Crippen LogP contribution in [0.15, 0.2) is 52.3 Å². The number of hydrogen-bond acceptors (Lipinski definition) is 6. The smallest absolute Gasteiger partial charge is 0.341 e. The van der Waals surface area contributed by atoms with Crippen LogP contribution in [-0.2, 0) is 27.1 Å². The molecule has 0 radical (unpaired) electrons. The van der Waals surface area contributed by atoms with Gasteiger partial charge in [-0.3, -0.25) is 23.7 Å². The van der Waals surface area contributed by atoms with Crippen LogP contribution < -0.4 is 9.77 Å². The number of alkyl halides is 3. The standard InChI is InChI=1S/C28H22Cl2F3N3O4S2/c29-16-9-6-7-14(21(16)30)19-20-22(25(39)36(24(20)38)17-10-3-2-8-15(17)28(31,32)33)41-26-23(19)42-27(40)35(26)13-18(37)34-11-4-1-5-12-34/h2-3,6-10,19-20,22H,1,4-5,11-13H2/t19-,20-,22+/m0/s1. The van der Waals surface area contributed by atoms with Gasteiger partial charge in [-0.15, -0.1) is 0 Å². The van der Waals surface area contributed by atoms with Crippen molar-refractivity contribution in [3.05, 3.63) is 78.2 Å². The van der Waals surface area contributed by atoms with Gasteiger partial charge in [-0.1, -0.05) is 70.6 Å². The Balaban J connectivity index is 1.48. The molecule has 42 heavy (non-hydrogen) atoms. The van der Waals surface area contributed by atoms with Gasteiger partial charge in [0.05, 0.1) is 32.2 Å². The lowest BCUT2D eigenvalue weighted by atomic mass is 9.83. The van der Waals surface area contributed by atoms with Crippen LogP contribution in [-0.4, -0.2) is 45.5 Å². The molecule has 3 aliphatic heterocycles. The summed E-state index contributed by atoms with van der Waals surface area (Å²) in [5.74, 6) is -4.05. The average Bonchev–Trinajstić information content (AvgIpc) is 3.41. The second kappa shape index (κ2) is 11.0. The van der Waals surface area contributed by atoms with E-state index in [-0.39, 0.29) is 22.5 Å². The molecule has 14 heteroatoms. The fourth-order valence-electron chi connectivity index (χ4n) is 5.88. The number of hydrogen-bond donors (Lipinski definition) is 0. The summed E-state index contributed by atoms with van der Waals surface area (Å²) in [5, 5.41) is -0.568. The molecule has 3 atom stereocenters. The van der Waals surface area contributed by atoms with E-state index in [9.17, 15) is 32.3 Å². The van der Waals surface area contributed by atoms with Gasteiger partial charge in [0.2, 0.25) is 17.7 Å². The van der Waals surface area contributed by atoms with Crippen LogP contribution in [0.25, 0.3) is 0 Å². The van der Waals surface area contributed by atoms with Gasteiger partial charge >= 0.3 is 11.0 Å². The van der Waals surface area contributed by atoms with Crippen LogP contribution in [0.4, 0.5) is 18.9 Å². The summed E-state index contributed by atoms with van der Waals surface area (Å²) in [7, 11) is 0. The van der Waals surface area contributed by atoms with Gasteiger partial charge in [0.15, 0.2) is 0 Å². The van der Waals surface area contributed by atoms with Gasteiger partial charge in [0.25, 0.3) is 0 Å². The van der Waals surface area contributed by atoms with Gasteiger partial charge in [-0.05, 0) is 43.0 Å². The number of thiazole rings is 1. The molecule has 3 aromatic rings. The summed E-state index contributed by atoms with van der Waals surface area (Å²) in [6, 6.07) is 9.18. The number of halogens is 5. The quantitative estimate of drug-likeness (QED) is 0.320. The van der Waals surface area contributed by atoms with Crippen molar-refractivity contribution in [1.82, 2.24) is 9.47 Å². The maximum atomic E-state index is 14.0. The van der Waals surface area contributed by atoms with E-state index in [4.69, 9.17) is 23.2 Å². The van der Waals surface area contributed by atoms with Crippen LogP contribution in [0, 0.1) is 5.92 Å². The predicted octanol–water partition coefficient (Wildman–Crippen LogP) is 6.04. The molecule has 0 spiro atoms. The van der Waals surface area contributed by atoms with Crippen molar-refractivity contribution in [1.29, 1.82) is 0 Å². The van der Waals surface area contributed by atoms with Gasteiger partial charge in [-0.2, -0.15) is 13.2 Å². The number of likely N-dealkylation sites (tertiary alicyclic amines) is 1. The molecule has 0 aliphatic carbocycles. The van der Waals surface area contributed by atoms with Crippen LogP contribution in [0.1, 0.15) is 41.2 Å². The van der Waals surface area contributed by atoms with Gasteiger partial charge < -0.3 is 4.90 Å². The molecule has 6 rings (SSSR count). The highest BCUT2D eigenvalue weighted by Crippen LogP contribution is 2.55. The maximum Gasteiger partial charge on any atom is 0.418 e. The molecule has 2 aromatic carbocycles. The number of nitrogens with zero attached hydrogens (tertiary/aromatic N) is 3. The Labute approximate surface area is 256 Å². The minimum Gasteiger partial charge on any atom is -0.341 e. The average molecular weight is 657 g/mol. The van der Waals surface area contributed by atoms with Crippen molar-refractivity contribution in [2.45, 2.75) is 48.2 Å². The molecule has 2 saturated heterocycles. The molecular formula is C28H22Cl2F3N3O4S2. The Kier molecular flexibility index (Phi) is 7.70. The molecule has 220 valence electrons. The summed E-state index contributed by atoms with van der Waals surface area (Å²) in [6.07, 6.45) is -2.07. The number of rotatable bonds is 4. The number of benzene rings is 2. The highest BCUT2D eigenvalue weighted by molar-refractivity contribution is 8.00. The Morgan fingerprint density at radius 1 is 0.952 bits per heavy atom. The second-order valence-electron chi connectivity index (χ2n) is 10.3. The second-order valence-corrected chi connectivity index (χ2v) is 13.2. The van der Waals surface area contributed by atoms with E-state index in [1.807, 2.05) is 0 Å². The number of fused-ring (bicyclic) bond motifs is 2. The summed E-state index contributed by atoms with van der Waals surface area (Å²) >= 11 is 14.7. The Morgan fingerprint density at radius 2 is 1.67 bits per heavy atom. The van der Waals surface area contributed by atoms with Gasteiger partial charge in [0.1, 0.15) is 11.8 Å². The van der Waals surface area contributed by atoms with Crippen molar-refractivity contribution < 1.29 is 27.6 Å². The van der Waals surface area contributed by atoms with E-state index in [0.717, 1.165) is 54.5 Å². The lowest BCUT2D eigenvalue weighted by molar-refractivity contribution is -0.137. The van der Waals surface area contributed by atoms with E-state index < -0.39 is 51.2 Å². The van der Waals surface area contributed by atoms with Crippen LogP contribution in [0.5, 0.6) is 0 Å². The first-order chi connectivity index (χ1) is 20.0. The Morgan fingerprint density at radius 3 is 2.38 bits per heavy atom. The third-order valence-electron chi connectivity index (χ3n) is 7.82. The molecule has 2 fully saturated rings. The molecule has 0 N–H and O–H groups in total.